The zero-order valence-corrected chi connectivity index (χ0v) is 14.8. The van der Waals surface area contributed by atoms with Crippen LogP contribution in [-0.4, -0.2) is 38.1 Å². The first-order valence-electron chi connectivity index (χ1n) is 7.93. The lowest BCUT2D eigenvalue weighted by Crippen LogP contribution is -2.22. The van der Waals surface area contributed by atoms with Crippen LogP contribution in [0.3, 0.4) is 0 Å². The molecule has 0 saturated carbocycles. The van der Waals surface area contributed by atoms with Crippen molar-refractivity contribution in [1.29, 1.82) is 0 Å². The Balaban J connectivity index is 0.000000146. The average Bonchev–Trinajstić information content (AvgIpc) is 2.54. The van der Waals surface area contributed by atoms with Gasteiger partial charge in [0.15, 0.2) is 16.7 Å². The Morgan fingerprint density at radius 2 is 1.68 bits per heavy atom. The van der Waals surface area contributed by atoms with Gasteiger partial charge in [0.1, 0.15) is 24.0 Å². The van der Waals surface area contributed by atoms with Gasteiger partial charge < -0.3 is 4.74 Å². The number of ketones is 2. The zero-order valence-electron chi connectivity index (χ0n) is 14.0. The number of ether oxygens (including phenoxy) is 1. The van der Waals surface area contributed by atoms with E-state index >= 15 is 0 Å². The summed E-state index contributed by atoms with van der Waals surface area (Å²) in [4.78, 5) is 38.4. The minimum Gasteiger partial charge on any atom is -0.481 e. The number of aromatic nitrogens is 4. The number of hydrogen-bond acceptors (Lipinski definition) is 7. The van der Waals surface area contributed by atoms with E-state index < -0.39 is 0 Å². The van der Waals surface area contributed by atoms with Crippen LogP contribution in [0.4, 0.5) is 0 Å². The summed E-state index contributed by atoms with van der Waals surface area (Å²) in [6.07, 6.45) is 4.09. The first-order chi connectivity index (χ1) is 11.9. The van der Waals surface area contributed by atoms with Crippen molar-refractivity contribution in [3.8, 4) is 5.75 Å². The van der Waals surface area contributed by atoms with Crippen molar-refractivity contribution < 1.29 is 14.3 Å². The monoisotopic (exact) mass is 360 g/mol. The topological polar surface area (TPSA) is 94.9 Å². The molecule has 0 fully saturated rings. The summed E-state index contributed by atoms with van der Waals surface area (Å²) in [5.41, 5.74) is 2.66. The van der Waals surface area contributed by atoms with Crippen LogP contribution in [-0.2, 0) is 28.9 Å². The van der Waals surface area contributed by atoms with Gasteiger partial charge in [0.2, 0.25) is 0 Å². The van der Waals surface area contributed by atoms with Crippen LogP contribution in [0.15, 0.2) is 6.20 Å². The largest absolute Gasteiger partial charge is 0.481 e. The second-order valence-electron chi connectivity index (χ2n) is 5.95. The van der Waals surface area contributed by atoms with E-state index in [-0.39, 0.29) is 17.5 Å². The maximum Gasteiger partial charge on any atom is 0.179 e. The van der Waals surface area contributed by atoms with Crippen LogP contribution in [0.1, 0.15) is 35.0 Å². The standard InChI is InChI=1S/C9H10N2O.C8H7ClN2O2/c1-6-10-5-7-2-3-8(12)4-9(7)11-6;1-4-10-6-2-5(12)3-13-7(6)8(9)11-4/h5H,2-4H2,1H3;2-3H2,1H3. The molecule has 0 radical (unpaired) electrons. The van der Waals surface area contributed by atoms with E-state index in [9.17, 15) is 9.59 Å². The summed E-state index contributed by atoms with van der Waals surface area (Å²) in [5.74, 6) is 2.07. The zero-order chi connectivity index (χ0) is 18.0. The van der Waals surface area contributed by atoms with E-state index in [4.69, 9.17) is 16.3 Å². The lowest BCUT2D eigenvalue weighted by Gasteiger charge is -2.15. The molecule has 0 bridgehead atoms. The molecule has 0 saturated heterocycles. The molecule has 0 N–H and O–H groups in total. The molecule has 2 aromatic heterocycles. The highest BCUT2D eigenvalue weighted by Crippen LogP contribution is 2.28. The number of carbonyl (C=O) groups is 2. The van der Waals surface area contributed by atoms with Gasteiger partial charge in [0.05, 0.1) is 17.8 Å². The van der Waals surface area contributed by atoms with Crippen molar-refractivity contribution in [3.05, 3.63) is 40.0 Å². The molecule has 0 amide bonds. The highest BCUT2D eigenvalue weighted by Gasteiger charge is 2.22. The molecule has 1 aliphatic heterocycles. The third kappa shape index (κ3) is 4.17. The van der Waals surface area contributed by atoms with Gasteiger partial charge >= 0.3 is 0 Å². The smallest absolute Gasteiger partial charge is 0.179 e. The number of Topliss-reactive ketones (excluding diaryl/α,β-unsaturated/α-hetero) is 2. The van der Waals surface area contributed by atoms with Crippen LogP contribution >= 0.6 is 11.6 Å². The van der Waals surface area contributed by atoms with Crippen LogP contribution in [0.5, 0.6) is 5.75 Å². The molecule has 4 rings (SSSR count). The lowest BCUT2D eigenvalue weighted by molar-refractivity contribution is -0.121. The van der Waals surface area contributed by atoms with Crippen molar-refractivity contribution in [1.82, 2.24) is 19.9 Å². The van der Waals surface area contributed by atoms with E-state index in [1.165, 1.54) is 0 Å². The van der Waals surface area contributed by atoms with Gasteiger partial charge in [-0.3, -0.25) is 9.59 Å². The second-order valence-corrected chi connectivity index (χ2v) is 6.30. The summed E-state index contributed by atoms with van der Waals surface area (Å²) in [6, 6.07) is 0. The summed E-state index contributed by atoms with van der Waals surface area (Å²) < 4.78 is 5.12. The van der Waals surface area contributed by atoms with E-state index in [1.807, 2.05) is 13.1 Å². The molecule has 0 spiro atoms. The highest BCUT2D eigenvalue weighted by atomic mass is 35.5. The number of nitrogens with zero attached hydrogens (tertiary/aromatic N) is 4. The molecular formula is C17H17ClN4O3. The minimum absolute atomic E-state index is 0.0154. The van der Waals surface area contributed by atoms with Crippen LogP contribution < -0.4 is 4.74 Å². The number of carbonyl (C=O) groups excluding carboxylic acids is 2. The van der Waals surface area contributed by atoms with Gasteiger partial charge in [-0.1, -0.05) is 11.6 Å². The Hall–Kier alpha value is -2.41. The fourth-order valence-electron chi connectivity index (χ4n) is 2.69. The first kappa shape index (κ1) is 17.4. The molecule has 3 heterocycles. The van der Waals surface area contributed by atoms with Crippen molar-refractivity contribution in [2.75, 3.05) is 6.61 Å². The molecule has 2 aromatic rings. The number of rotatable bonds is 0. The van der Waals surface area contributed by atoms with Crippen molar-refractivity contribution in [2.45, 2.75) is 39.5 Å². The van der Waals surface area contributed by atoms with Gasteiger partial charge in [0, 0.05) is 19.0 Å². The molecule has 2 aliphatic rings. The predicted octanol–water partition coefficient (Wildman–Crippen LogP) is 1.79. The third-order valence-electron chi connectivity index (χ3n) is 3.86. The Bertz CT molecular complexity index is 854. The molecule has 25 heavy (non-hydrogen) atoms. The fraction of sp³-hybridized carbons (Fsp3) is 0.412. The van der Waals surface area contributed by atoms with Gasteiger partial charge in [-0.2, -0.15) is 0 Å². The van der Waals surface area contributed by atoms with E-state index in [2.05, 4.69) is 19.9 Å². The number of hydrogen-bond donors (Lipinski definition) is 0. The average molecular weight is 361 g/mol. The van der Waals surface area contributed by atoms with Gasteiger partial charge in [-0.15, -0.1) is 0 Å². The molecule has 8 heteroatoms. The number of fused-ring (bicyclic) bond motifs is 2. The maximum atomic E-state index is 11.1. The van der Waals surface area contributed by atoms with E-state index in [0.29, 0.717) is 42.3 Å². The van der Waals surface area contributed by atoms with Crippen LogP contribution in [0, 0.1) is 13.8 Å². The van der Waals surface area contributed by atoms with Gasteiger partial charge in [-0.05, 0) is 25.8 Å². The van der Waals surface area contributed by atoms with Crippen LogP contribution in [0.2, 0.25) is 5.15 Å². The predicted molar refractivity (Wildman–Crippen MR) is 89.8 cm³/mol. The van der Waals surface area contributed by atoms with E-state index in [0.717, 1.165) is 23.5 Å². The summed E-state index contributed by atoms with van der Waals surface area (Å²) in [6.45, 7) is 3.64. The third-order valence-corrected chi connectivity index (χ3v) is 4.12. The first-order valence-corrected chi connectivity index (χ1v) is 8.30. The lowest BCUT2D eigenvalue weighted by atomic mass is 9.96. The molecule has 130 valence electrons. The molecule has 7 nitrogen and oxygen atoms in total. The van der Waals surface area contributed by atoms with Gasteiger partial charge in [-0.25, -0.2) is 19.9 Å². The van der Waals surface area contributed by atoms with Crippen LogP contribution in [0.25, 0.3) is 0 Å². The molecule has 0 unspecified atom stereocenters. The van der Waals surface area contributed by atoms with E-state index in [1.54, 1.807) is 6.92 Å². The van der Waals surface area contributed by atoms with Gasteiger partial charge in [0.25, 0.3) is 0 Å². The Morgan fingerprint density at radius 1 is 0.960 bits per heavy atom. The quantitative estimate of drug-likeness (QED) is 0.661. The summed E-state index contributed by atoms with van der Waals surface area (Å²) in [5, 5.41) is 0.287. The Morgan fingerprint density at radius 3 is 2.48 bits per heavy atom. The maximum absolute atomic E-state index is 11.1. The summed E-state index contributed by atoms with van der Waals surface area (Å²) in [7, 11) is 0. The summed E-state index contributed by atoms with van der Waals surface area (Å²) >= 11 is 5.81. The minimum atomic E-state index is 0.0154. The SMILES string of the molecule is Cc1nc(Cl)c2c(n1)CC(=O)CO2.Cc1ncc2c(n1)CC(=O)CC2. The normalized spacial score (nSPS) is 15.5. The Kier molecular flexibility index (Phi) is 5.03. The fourth-order valence-corrected chi connectivity index (χ4v) is 2.98. The molecule has 1 aliphatic carbocycles. The molecule has 0 aromatic carbocycles. The number of halogens is 1. The molecule has 0 atom stereocenters. The van der Waals surface area contributed by atoms with Crippen molar-refractivity contribution in [3.63, 3.8) is 0 Å². The van der Waals surface area contributed by atoms with Crippen molar-refractivity contribution in [2.24, 2.45) is 0 Å². The Labute approximate surface area is 149 Å². The number of aryl methyl sites for hydroxylation is 3. The molecular weight excluding hydrogens is 344 g/mol. The highest BCUT2D eigenvalue weighted by molar-refractivity contribution is 6.31. The second kappa shape index (κ2) is 7.23. The van der Waals surface area contributed by atoms with Crippen molar-refractivity contribution >= 4 is 23.2 Å².